The number of unbranched alkanes of at least 4 members (excludes halogenated alkanes) is 3. The Hall–Kier alpha value is -1.68. The van der Waals surface area contributed by atoms with Gasteiger partial charge in [-0.3, -0.25) is 0 Å². The first-order valence-corrected chi connectivity index (χ1v) is 7.53. The molecule has 0 saturated heterocycles. The standard InChI is InChI=1S/C16H24N4/c1-2-3-4-8-11-17-13-16-15(18-20-19-16)12-14-9-6-5-7-10-14/h5-7,9-10,17H,2-4,8,11-13H2,1H3,(H,18,19,20). The summed E-state index contributed by atoms with van der Waals surface area (Å²) in [6, 6.07) is 10.4. The lowest BCUT2D eigenvalue weighted by Crippen LogP contribution is -2.16. The minimum Gasteiger partial charge on any atom is -0.311 e. The molecule has 0 atom stereocenters. The summed E-state index contributed by atoms with van der Waals surface area (Å²) in [5, 5.41) is 14.7. The van der Waals surface area contributed by atoms with E-state index >= 15 is 0 Å². The predicted octanol–water partition coefficient (Wildman–Crippen LogP) is 3.07. The molecular formula is C16H24N4. The molecule has 0 aliphatic rings. The van der Waals surface area contributed by atoms with Gasteiger partial charge in [0.25, 0.3) is 0 Å². The van der Waals surface area contributed by atoms with E-state index in [0.717, 1.165) is 30.9 Å². The minimum atomic E-state index is 0.796. The molecule has 0 saturated carbocycles. The number of aromatic nitrogens is 3. The molecule has 20 heavy (non-hydrogen) atoms. The Morgan fingerprint density at radius 2 is 1.80 bits per heavy atom. The van der Waals surface area contributed by atoms with E-state index in [1.54, 1.807) is 0 Å². The lowest BCUT2D eigenvalue weighted by atomic mass is 10.1. The summed E-state index contributed by atoms with van der Waals surface area (Å²) in [6.45, 7) is 4.08. The predicted molar refractivity (Wildman–Crippen MR) is 81.5 cm³/mol. The fourth-order valence-corrected chi connectivity index (χ4v) is 2.23. The number of benzene rings is 1. The summed E-state index contributed by atoms with van der Waals surface area (Å²) in [6.07, 6.45) is 5.98. The molecule has 0 fully saturated rings. The molecule has 1 aromatic carbocycles. The van der Waals surface area contributed by atoms with Crippen molar-refractivity contribution in [3.05, 3.63) is 47.3 Å². The van der Waals surface area contributed by atoms with Gasteiger partial charge in [0.2, 0.25) is 0 Å². The third-order valence-electron chi connectivity index (χ3n) is 3.42. The maximum atomic E-state index is 4.26. The topological polar surface area (TPSA) is 53.6 Å². The molecule has 0 radical (unpaired) electrons. The Morgan fingerprint density at radius 1 is 1.00 bits per heavy atom. The van der Waals surface area contributed by atoms with Crippen molar-refractivity contribution in [2.75, 3.05) is 6.54 Å². The SMILES string of the molecule is CCCCCCNCc1n[nH]nc1Cc1ccccc1. The van der Waals surface area contributed by atoms with Gasteiger partial charge in [-0.1, -0.05) is 56.5 Å². The van der Waals surface area contributed by atoms with Crippen LogP contribution in [0.2, 0.25) is 0 Å². The third-order valence-corrected chi connectivity index (χ3v) is 3.42. The van der Waals surface area contributed by atoms with Gasteiger partial charge >= 0.3 is 0 Å². The second-order valence-electron chi connectivity index (χ2n) is 5.12. The summed E-state index contributed by atoms with van der Waals surface area (Å²) in [4.78, 5) is 0. The average molecular weight is 272 g/mol. The Labute approximate surface area is 121 Å². The molecule has 2 N–H and O–H groups in total. The van der Waals surface area contributed by atoms with Gasteiger partial charge in [-0.25, -0.2) is 0 Å². The van der Waals surface area contributed by atoms with Crippen molar-refractivity contribution in [1.29, 1.82) is 0 Å². The molecule has 0 spiro atoms. The monoisotopic (exact) mass is 272 g/mol. The molecule has 0 bridgehead atoms. The number of rotatable bonds is 9. The highest BCUT2D eigenvalue weighted by atomic mass is 15.3. The fraction of sp³-hybridized carbons (Fsp3) is 0.500. The largest absolute Gasteiger partial charge is 0.311 e. The smallest absolute Gasteiger partial charge is 0.0997 e. The summed E-state index contributed by atoms with van der Waals surface area (Å²) < 4.78 is 0. The van der Waals surface area contributed by atoms with Crippen LogP contribution in [0.3, 0.4) is 0 Å². The molecule has 0 aliphatic heterocycles. The van der Waals surface area contributed by atoms with Crippen LogP contribution in [-0.4, -0.2) is 22.0 Å². The zero-order valence-electron chi connectivity index (χ0n) is 12.2. The van der Waals surface area contributed by atoms with Crippen molar-refractivity contribution in [1.82, 2.24) is 20.7 Å². The van der Waals surface area contributed by atoms with Crippen LogP contribution in [0.15, 0.2) is 30.3 Å². The molecule has 4 nitrogen and oxygen atoms in total. The zero-order valence-corrected chi connectivity index (χ0v) is 12.2. The average Bonchev–Trinajstić information content (AvgIpc) is 2.91. The molecular weight excluding hydrogens is 248 g/mol. The minimum absolute atomic E-state index is 0.796. The third kappa shape index (κ3) is 4.78. The van der Waals surface area contributed by atoms with Crippen LogP contribution < -0.4 is 5.32 Å². The molecule has 4 heteroatoms. The Kier molecular flexibility index (Phi) is 6.24. The Balaban J connectivity index is 1.77. The maximum Gasteiger partial charge on any atom is 0.0997 e. The number of nitrogens with zero attached hydrogens (tertiary/aromatic N) is 2. The molecule has 0 unspecified atom stereocenters. The molecule has 0 aliphatic carbocycles. The van der Waals surface area contributed by atoms with Crippen LogP contribution in [0.5, 0.6) is 0 Å². The van der Waals surface area contributed by atoms with Crippen LogP contribution in [-0.2, 0) is 13.0 Å². The quantitative estimate of drug-likeness (QED) is 0.690. The first-order chi connectivity index (χ1) is 9.90. The van der Waals surface area contributed by atoms with Crippen molar-refractivity contribution in [2.24, 2.45) is 0 Å². The van der Waals surface area contributed by atoms with E-state index in [1.807, 2.05) is 6.07 Å². The zero-order chi connectivity index (χ0) is 14.0. The van der Waals surface area contributed by atoms with E-state index in [0.29, 0.717) is 0 Å². The van der Waals surface area contributed by atoms with Crippen molar-refractivity contribution in [3.63, 3.8) is 0 Å². The van der Waals surface area contributed by atoms with Crippen molar-refractivity contribution >= 4 is 0 Å². The molecule has 1 aromatic heterocycles. The number of H-pyrrole nitrogens is 1. The van der Waals surface area contributed by atoms with E-state index in [-0.39, 0.29) is 0 Å². The van der Waals surface area contributed by atoms with E-state index in [4.69, 9.17) is 0 Å². The van der Waals surface area contributed by atoms with Crippen LogP contribution in [0, 0.1) is 0 Å². The molecule has 2 rings (SSSR count). The van der Waals surface area contributed by atoms with Crippen molar-refractivity contribution in [3.8, 4) is 0 Å². The number of nitrogens with one attached hydrogen (secondary N) is 2. The van der Waals surface area contributed by atoms with Gasteiger partial charge in [-0.15, -0.1) is 0 Å². The van der Waals surface area contributed by atoms with Gasteiger partial charge in [-0.05, 0) is 18.5 Å². The van der Waals surface area contributed by atoms with Gasteiger partial charge in [0, 0.05) is 13.0 Å². The first-order valence-electron chi connectivity index (χ1n) is 7.53. The molecule has 1 heterocycles. The van der Waals surface area contributed by atoms with Gasteiger partial charge in [0.1, 0.15) is 0 Å². The summed E-state index contributed by atoms with van der Waals surface area (Å²) in [7, 11) is 0. The summed E-state index contributed by atoms with van der Waals surface area (Å²) >= 11 is 0. The molecule has 108 valence electrons. The second kappa shape index (κ2) is 8.48. The van der Waals surface area contributed by atoms with E-state index < -0.39 is 0 Å². The van der Waals surface area contributed by atoms with Crippen LogP contribution in [0.4, 0.5) is 0 Å². The lowest BCUT2D eigenvalue weighted by molar-refractivity contribution is 0.592. The summed E-state index contributed by atoms with van der Waals surface area (Å²) in [5.41, 5.74) is 3.34. The number of hydrogen-bond donors (Lipinski definition) is 2. The fourth-order valence-electron chi connectivity index (χ4n) is 2.23. The highest BCUT2D eigenvalue weighted by Crippen LogP contribution is 2.09. The summed E-state index contributed by atoms with van der Waals surface area (Å²) in [5.74, 6) is 0. The normalized spacial score (nSPS) is 10.8. The van der Waals surface area contributed by atoms with Gasteiger partial charge in [-0.2, -0.15) is 15.4 Å². The number of hydrogen-bond acceptors (Lipinski definition) is 3. The Bertz CT molecular complexity index is 478. The highest BCUT2D eigenvalue weighted by molar-refractivity contribution is 5.23. The second-order valence-corrected chi connectivity index (χ2v) is 5.12. The van der Waals surface area contributed by atoms with Gasteiger partial charge in [0.15, 0.2) is 0 Å². The van der Waals surface area contributed by atoms with E-state index in [9.17, 15) is 0 Å². The maximum absolute atomic E-state index is 4.26. The lowest BCUT2D eigenvalue weighted by Gasteiger charge is -2.04. The van der Waals surface area contributed by atoms with Crippen LogP contribution in [0.1, 0.15) is 49.6 Å². The highest BCUT2D eigenvalue weighted by Gasteiger charge is 2.07. The molecule has 2 aromatic rings. The first kappa shape index (κ1) is 14.7. The van der Waals surface area contributed by atoms with Gasteiger partial charge in [0.05, 0.1) is 11.4 Å². The van der Waals surface area contributed by atoms with Crippen molar-refractivity contribution < 1.29 is 0 Å². The Morgan fingerprint density at radius 3 is 2.60 bits per heavy atom. The number of aromatic amines is 1. The molecule has 0 amide bonds. The van der Waals surface area contributed by atoms with E-state index in [2.05, 4.69) is 51.9 Å². The van der Waals surface area contributed by atoms with Crippen LogP contribution >= 0.6 is 0 Å². The van der Waals surface area contributed by atoms with E-state index in [1.165, 1.54) is 31.2 Å². The van der Waals surface area contributed by atoms with Gasteiger partial charge < -0.3 is 5.32 Å². The van der Waals surface area contributed by atoms with Crippen LogP contribution in [0.25, 0.3) is 0 Å². The van der Waals surface area contributed by atoms with Crippen molar-refractivity contribution in [2.45, 2.75) is 45.6 Å².